The third-order valence-corrected chi connectivity index (χ3v) is 2.65. The Morgan fingerprint density at radius 1 is 1.39 bits per heavy atom. The van der Waals surface area contributed by atoms with Crippen LogP contribution in [-0.4, -0.2) is 25.9 Å². The molecule has 0 bridgehead atoms. The van der Waals surface area contributed by atoms with E-state index in [2.05, 4.69) is 20.6 Å². The Morgan fingerprint density at radius 2 is 2.22 bits per heavy atom. The first-order valence-electron chi connectivity index (χ1n) is 5.47. The second kappa shape index (κ2) is 3.99. The van der Waals surface area contributed by atoms with Crippen LogP contribution in [0.4, 0.5) is 5.69 Å². The number of amides is 1. The highest BCUT2D eigenvalue weighted by molar-refractivity contribution is 6.10. The molecule has 2 N–H and O–H groups in total. The molecule has 0 fully saturated rings. The van der Waals surface area contributed by atoms with Crippen LogP contribution in [0, 0.1) is 0 Å². The van der Waals surface area contributed by atoms with Crippen molar-refractivity contribution >= 4 is 22.5 Å². The van der Waals surface area contributed by atoms with Crippen molar-refractivity contribution in [2.75, 3.05) is 5.32 Å². The summed E-state index contributed by atoms with van der Waals surface area (Å²) in [6, 6.07) is 7.50. The molecule has 1 aromatic carbocycles. The lowest BCUT2D eigenvalue weighted by atomic mass is 10.2. The Morgan fingerprint density at radius 3 is 3.00 bits per heavy atom. The van der Waals surface area contributed by atoms with E-state index in [4.69, 9.17) is 0 Å². The minimum Gasteiger partial charge on any atom is -0.318 e. The normalized spacial score (nSPS) is 10.7. The zero-order chi connectivity index (χ0) is 12.5. The van der Waals surface area contributed by atoms with E-state index < -0.39 is 0 Å². The van der Waals surface area contributed by atoms with Crippen molar-refractivity contribution in [3.05, 3.63) is 42.4 Å². The van der Waals surface area contributed by atoms with Gasteiger partial charge in [-0.05, 0) is 6.07 Å². The standard InChI is InChI=1S/C12H11N5O/c1-17-7-8(6-13-17)14-12(18)11-9-4-2-3-5-10(9)15-16-11/h2-7H,1H3,(H,14,18)(H,15,16). The summed E-state index contributed by atoms with van der Waals surface area (Å²) in [5, 5.41) is 14.4. The largest absolute Gasteiger partial charge is 0.318 e. The van der Waals surface area contributed by atoms with Gasteiger partial charge in [0.25, 0.3) is 5.91 Å². The van der Waals surface area contributed by atoms with E-state index in [1.54, 1.807) is 24.1 Å². The third kappa shape index (κ3) is 1.73. The van der Waals surface area contributed by atoms with Crippen LogP contribution >= 0.6 is 0 Å². The molecule has 1 amide bonds. The molecule has 0 saturated carbocycles. The van der Waals surface area contributed by atoms with Gasteiger partial charge in [-0.3, -0.25) is 14.6 Å². The number of hydrogen-bond donors (Lipinski definition) is 2. The summed E-state index contributed by atoms with van der Waals surface area (Å²) in [6.45, 7) is 0. The molecule has 0 aliphatic carbocycles. The molecular formula is C12H11N5O. The van der Waals surface area contributed by atoms with Crippen molar-refractivity contribution in [2.24, 2.45) is 7.05 Å². The Hall–Kier alpha value is -2.63. The van der Waals surface area contributed by atoms with Crippen LogP contribution in [0.1, 0.15) is 10.5 Å². The van der Waals surface area contributed by atoms with Crippen LogP contribution < -0.4 is 5.32 Å². The molecule has 2 heterocycles. The molecule has 0 atom stereocenters. The van der Waals surface area contributed by atoms with Crippen LogP contribution in [0.5, 0.6) is 0 Å². The van der Waals surface area contributed by atoms with Gasteiger partial charge in [-0.25, -0.2) is 0 Å². The number of H-pyrrole nitrogens is 1. The molecule has 0 aliphatic heterocycles. The minimum absolute atomic E-state index is 0.250. The van der Waals surface area contributed by atoms with Crippen LogP contribution in [0.15, 0.2) is 36.7 Å². The number of aromatic amines is 1. The maximum absolute atomic E-state index is 12.1. The fourth-order valence-corrected chi connectivity index (χ4v) is 1.81. The van der Waals surface area contributed by atoms with Crippen molar-refractivity contribution < 1.29 is 4.79 Å². The highest BCUT2D eigenvalue weighted by Gasteiger charge is 2.14. The first-order chi connectivity index (χ1) is 8.74. The lowest BCUT2D eigenvalue weighted by Gasteiger charge is -1.98. The molecule has 0 spiro atoms. The Bertz CT molecular complexity index is 712. The Balaban J connectivity index is 1.92. The van der Waals surface area contributed by atoms with Crippen LogP contribution in [0.25, 0.3) is 10.9 Å². The highest BCUT2D eigenvalue weighted by atomic mass is 16.1. The number of aromatic nitrogens is 4. The number of aryl methyl sites for hydroxylation is 1. The number of fused-ring (bicyclic) bond motifs is 1. The first-order valence-corrected chi connectivity index (χ1v) is 5.47. The number of para-hydroxylation sites is 1. The van der Waals surface area contributed by atoms with Gasteiger partial charge in [0.05, 0.1) is 17.4 Å². The fraction of sp³-hybridized carbons (Fsp3) is 0.0833. The Kier molecular flexibility index (Phi) is 2.33. The van der Waals surface area contributed by atoms with Crippen molar-refractivity contribution in [3.8, 4) is 0 Å². The fourth-order valence-electron chi connectivity index (χ4n) is 1.81. The van der Waals surface area contributed by atoms with Gasteiger partial charge in [-0.2, -0.15) is 10.2 Å². The van der Waals surface area contributed by atoms with Gasteiger partial charge in [-0.1, -0.05) is 18.2 Å². The third-order valence-electron chi connectivity index (χ3n) is 2.65. The van der Waals surface area contributed by atoms with E-state index in [1.165, 1.54) is 0 Å². The van der Waals surface area contributed by atoms with E-state index in [1.807, 2.05) is 24.3 Å². The number of hydrogen-bond acceptors (Lipinski definition) is 3. The number of nitrogens with one attached hydrogen (secondary N) is 2. The summed E-state index contributed by atoms with van der Waals surface area (Å²) in [7, 11) is 1.79. The van der Waals surface area contributed by atoms with Crippen LogP contribution in [0.3, 0.4) is 0 Å². The number of carbonyl (C=O) groups excluding carboxylic acids is 1. The quantitative estimate of drug-likeness (QED) is 0.714. The van der Waals surface area contributed by atoms with Gasteiger partial charge in [-0.15, -0.1) is 0 Å². The number of nitrogens with zero attached hydrogens (tertiary/aromatic N) is 3. The van der Waals surface area contributed by atoms with Crippen molar-refractivity contribution in [1.29, 1.82) is 0 Å². The van der Waals surface area contributed by atoms with Crippen molar-refractivity contribution in [3.63, 3.8) is 0 Å². The van der Waals surface area contributed by atoms with Gasteiger partial charge in [0.2, 0.25) is 0 Å². The van der Waals surface area contributed by atoms with Crippen LogP contribution in [-0.2, 0) is 7.05 Å². The molecule has 0 saturated heterocycles. The van der Waals surface area contributed by atoms with Crippen molar-refractivity contribution in [2.45, 2.75) is 0 Å². The SMILES string of the molecule is Cn1cc(NC(=O)c2n[nH]c3ccccc23)cn1. The molecule has 90 valence electrons. The van der Waals surface area contributed by atoms with E-state index in [0.29, 0.717) is 11.4 Å². The van der Waals surface area contributed by atoms with E-state index in [-0.39, 0.29) is 5.91 Å². The zero-order valence-electron chi connectivity index (χ0n) is 9.71. The van der Waals surface area contributed by atoms with E-state index in [0.717, 1.165) is 10.9 Å². The number of carbonyl (C=O) groups is 1. The van der Waals surface area contributed by atoms with Gasteiger partial charge in [0, 0.05) is 18.6 Å². The minimum atomic E-state index is -0.250. The highest BCUT2D eigenvalue weighted by Crippen LogP contribution is 2.16. The predicted octanol–water partition coefficient (Wildman–Crippen LogP) is 1.55. The number of anilines is 1. The molecule has 0 aliphatic rings. The summed E-state index contributed by atoms with van der Waals surface area (Å²) < 4.78 is 1.62. The molecule has 0 unspecified atom stereocenters. The molecule has 18 heavy (non-hydrogen) atoms. The molecule has 2 aromatic heterocycles. The lowest BCUT2D eigenvalue weighted by molar-refractivity contribution is 0.102. The second-order valence-electron chi connectivity index (χ2n) is 3.97. The second-order valence-corrected chi connectivity index (χ2v) is 3.97. The van der Waals surface area contributed by atoms with E-state index >= 15 is 0 Å². The van der Waals surface area contributed by atoms with E-state index in [9.17, 15) is 4.79 Å². The average Bonchev–Trinajstić information content (AvgIpc) is 2.95. The Labute approximate surface area is 103 Å². The summed E-state index contributed by atoms with van der Waals surface area (Å²) in [6.07, 6.45) is 3.32. The van der Waals surface area contributed by atoms with Crippen molar-refractivity contribution in [1.82, 2.24) is 20.0 Å². The summed E-state index contributed by atoms with van der Waals surface area (Å²) >= 11 is 0. The monoisotopic (exact) mass is 241 g/mol. The molecule has 3 aromatic rings. The first kappa shape index (κ1) is 10.5. The summed E-state index contributed by atoms with van der Waals surface area (Å²) in [5.74, 6) is -0.250. The maximum atomic E-state index is 12.1. The smallest absolute Gasteiger partial charge is 0.276 e. The number of rotatable bonds is 2. The molecule has 3 rings (SSSR count). The predicted molar refractivity (Wildman–Crippen MR) is 67.3 cm³/mol. The zero-order valence-corrected chi connectivity index (χ0v) is 9.71. The lowest BCUT2D eigenvalue weighted by Crippen LogP contribution is -2.12. The van der Waals surface area contributed by atoms with Gasteiger partial charge in [0.15, 0.2) is 5.69 Å². The van der Waals surface area contributed by atoms with Gasteiger partial charge >= 0.3 is 0 Å². The van der Waals surface area contributed by atoms with Gasteiger partial charge < -0.3 is 5.32 Å². The van der Waals surface area contributed by atoms with Gasteiger partial charge in [0.1, 0.15) is 0 Å². The average molecular weight is 241 g/mol. The maximum Gasteiger partial charge on any atom is 0.276 e. The van der Waals surface area contributed by atoms with Crippen LogP contribution in [0.2, 0.25) is 0 Å². The topological polar surface area (TPSA) is 75.6 Å². The molecule has 6 heteroatoms. The molecule has 0 radical (unpaired) electrons. The number of benzene rings is 1. The molecule has 6 nitrogen and oxygen atoms in total. The summed E-state index contributed by atoms with van der Waals surface area (Å²) in [4.78, 5) is 12.1. The molecular weight excluding hydrogens is 230 g/mol. The summed E-state index contributed by atoms with van der Waals surface area (Å²) in [5.41, 5.74) is 1.87.